The summed E-state index contributed by atoms with van der Waals surface area (Å²) < 4.78 is 31.3. The largest absolute Gasteiger partial charge is 0.497 e. The number of fused-ring (bicyclic) bond motifs is 1. The van der Waals surface area contributed by atoms with Gasteiger partial charge in [0.05, 0.1) is 58.9 Å². The van der Waals surface area contributed by atoms with Crippen LogP contribution in [0.15, 0.2) is 75.7 Å². The lowest BCUT2D eigenvalue weighted by Crippen LogP contribution is -2.40. The minimum Gasteiger partial charge on any atom is -0.497 e. The smallest absolute Gasteiger partial charge is 0.338 e. The van der Waals surface area contributed by atoms with Gasteiger partial charge in [0.25, 0.3) is 5.56 Å². The molecule has 1 aliphatic rings. The summed E-state index contributed by atoms with van der Waals surface area (Å²) in [5.41, 5.74) is 3.11. The molecule has 10 nitrogen and oxygen atoms in total. The molecule has 3 aromatic carbocycles. The first kappa shape index (κ1) is 34.7. The van der Waals surface area contributed by atoms with Gasteiger partial charge in [0.15, 0.2) is 16.3 Å². The minimum absolute atomic E-state index is 0.166. The number of thiazole rings is 1. The lowest BCUT2D eigenvalue weighted by molar-refractivity contribution is -0.139. The van der Waals surface area contributed by atoms with E-state index in [0.717, 1.165) is 15.6 Å². The average Bonchev–Trinajstić information content (AvgIpc) is 3.40. The van der Waals surface area contributed by atoms with Crippen LogP contribution in [0, 0.1) is 14.9 Å². The number of hydrogen-bond donors (Lipinski definition) is 0. The summed E-state index contributed by atoms with van der Waals surface area (Å²) in [5.74, 6) is 1.50. The number of esters is 1. The van der Waals surface area contributed by atoms with Gasteiger partial charge in [-0.2, -0.15) is 5.26 Å². The Morgan fingerprint density at radius 2 is 1.83 bits per heavy atom. The Labute approximate surface area is 295 Å². The zero-order chi connectivity index (χ0) is 34.4. The van der Waals surface area contributed by atoms with Crippen LogP contribution in [0.3, 0.4) is 0 Å². The Morgan fingerprint density at radius 3 is 2.52 bits per heavy atom. The highest BCUT2D eigenvalue weighted by molar-refractivity contribution is 14.1. The second kappa shape index (κ2) is 15.5. The topological polar surface area (TPSA) is 121 Å². The SMILES string of the molecule is CCCC1=C(C(=O)OCC)[C@@H](c2cc(OC)ccc2OC)n2c(s/c(=C\c3cc(I)c(OCc4ccccc4C#N)c(OC)c3)c2=O)=N1. The zero-order valence-corrected chi connectivity index (χ0v) is 30.1. The summed E-state index contributed by atoms with van der Waals surface area (Å²) in [6.07, 6.45) is 3.02. The van der Waals surface area contributed by atoms with Gasteiger partial charge < -0.3 is 23.7 Å². The maximum absolute atomic E-state index is 14.3. The van der Waals surface area contributed by atoms with Crippen LogP contribution in [0.25, 0.3) is 6.08 Å². The summed E-state index contributed by atoms with van der Waals surface area (Å²) in [4.78, 5) is 33.2. The van der Waals surface area contributed by atoms with Crippen LogP contribution in [-0.2, 0) is 16.1 Å². The number of allylic oxidation sites excluding steroid dienone is 1. The summed E-state index contributed by atoms with van der Waals surface area (Å²) in [6.45, 7) is 4.10. The number of ether oxygens (including phenoxy) is 5. The lowest BCUT2D eigenvalue weighted by atomic mass is 9.93. The van der Waals surface area contributed by atoms with Crippen molar-refractivity contribution in [2.24, 2.45) is 4.99 Å². The first-order valence-corrected chi connectivity index (χ1v) is 17.1. The van der Waals surface area contributed by atoms with Gasteiger partial charge in [-0.15, -0.1) is 0 Å². The van der Waals surface area contributed by atoms with E-state index in [4.69, 9.17) is 28.7 Å². The summed E-state index contributed by atoms with van der Waals surface area (Å²) in [5, 5.41) is 9.46. The van der Waals surface area contributed by atoms with E-state index in [1.165, 1.54) is 15.9 Å². The molecule has 1 aliphatic heterocycles. The van der Waals surface area contributed by atoms with E-state index >= 15 is 0 Å². The molecule has 0 saturated heterocycles. The summed E-state index contributed by atoms with van der Waals surface area (Å²) in [6, 6.07) is 17.6. The highest BCUT2D eigenvalue weighted by Gasteiger charge is 2.36. The van der Waals surface area contributed by atoms with Gasteiger partial charge in [0.1, 0.15) is 24.1 Å². The van der Waals surface area contributed by atoms with Crippen LogP contribution in [0.2, 0.25) is 0 Å². The van der Waals surface area contributed by atoms with E-state index in [9.17, 15) is 14.9 Å². The van der Waals surface area contributed by atoms with Gasteiger partial charge in [0, 0.05) is 11.1 Å². The molecular weight excluding hydrogens is 745 g/mol. The molecular formula is C36H34IN3O7S. The van der Waals surface area contributed by atoms with E-state index in [2.05, 4.69) is 28.7 Å². The predicted molar refractivity (Wildman–Crippen MR) is 190 cm³/mol. The van der Waals surface area contributed by atoms with Crippen LogP contribution in [0.5, 0.6) is 23.0 Å². The van der Waals surface area contributed by atoms with Gasteiger partial charge in [0.2, 0.25) is 0 Å². The molecule has 0 aliphatic carbocycles. The van der Waals surface area contributed by atoms with Crippen molar-refractivity contribution >= 4 is 46.0 Å². The normalized spacial score (nSPS) is 14.1. The molecule has 12 heteroatoms. The molecule has 48 heavy (non-hydrogen) atoms. The van der Waals surface area contributed by atoms with Crippen molar-refractivity contribution in [1.82, 2.24) is 4.57 Å². The number of halogens is 1. The van der Waals surface area contributed by atoms with Gasteiger partial charge in [-0.25, -0.2) is 9.79 Å². The second-order valence-electron chi connectivity index (χ2n) is 10.6. The number of carbonyl (C=O) groups excluding carboxylic acids is 1. The van der Waals surface area contributed by atoms with Crippen molar-refractivity contribution in [1.29, 1.82) is 5.26 Å². The summed E-state index contributed by atoms with van der Waals surface area (Å²) in [7, 11) is 4.64. The maximum Gasteiger partial charge on any atom is 0.338 e. The Hall–Kier alpha value is -4.61. The average molecular weight is 780 g/mol. The quantitative estimate of drug-likeness (QED) is 0.134. The number of benzene rings is 3. The standard InChI is InChI=1S/C36H34IN3O7S/c1-6-10-27-31(35(42)46-7-2)32(25-18-24(43-3)13-14-28(25)44-4)40-34(41)30(48-36(40)39-27)17-21-15-26(37)33(29(16-21)45-5)47-20-23-12-9-8-11-22(23)19-38/h8-9,11-18,32H,6-7,10,20H2,1-5H3/b30-17-/t32-/m1/s1. The predicted octanol–water partition coefficient (Wildman–Crippen LogP) is 5.66. The van der Waals surface area contributed by atoms with Crippen molar-refractivity contribution < 1.29 is 28.5 Å². The molecule has 0 unspecified atom stereocenters. The summed E-state index contributed by atoms with van der Waals surface area (Å²) >= 11 is 3.40. The van der Waals surface area contributed by atoms with Gasteiger partial charge in [-0.3, -0.25) is 9.36 Å². The number of rotatable bonds is 12. The Balaban J connectivity index is 1.66. The molecule has 4 aromatic rings. The maximum atomic E-state index is 14.3. The van der Waals surface area contributed by atoms with Crippen molar-refractivity contribution in [2.45, 2.75) is 39.3 Å². The molecule has 1 atom stereocenters. The minimum atomic E-state index is -0.865. The number of nitriles is 1. The van der Waals surface area contributed by atoms with E-state index < -0.39 is 12.0 Å². The first-order chi connectivity index (χ1) is 23.3. The van der Waals surface area contributed by atoms with E-state index in [1.807, 2.05) is 31.2 Å². The fraction of sp³-hybridized carbons (Fsp3) is 0.278. The Bertz CT molecular complexity index is 2110. The number of methoxy groups -OCH3 is 3. The molecule has 248 valence electrons. The van der Waals surface area contributed by atoms with Gasteiger partial charge >= 0.3 is 5.97 Å². The van der Waals surface area contributed by atoms with Gasteiger partial charge in [-0.1, -0.05) is 42.9 Å². The molecule has 1 aromatic heterocycles. The molecule has 2 heterocycles. The molecule has 0 spiro atoms. The number of aromatic nitrogens is 1. The number of carbonyl (C=O) groups is 1. The molecule has 0 amide bonds. The first-order valence-electron chi connectivity index (χ1n) is 15.2. The highest BCUT2D eigenvalue weighted by Crippen LogP contribution is 2.39. The lowest BCUT2D eigenvalue weighted by Gasteiger charge is -2.27. The second-order valence-corrected chi connectivity index (χ2v) is 12.8. The van der Waals surface area contributed by atoms with Crippen LogP contribution in [0.1, 0.15) is 55.0 Å². The monoisotopic (exact) mass is 779 g/mol. The van der Waals surface area contributed by atoms with Crippen LogP contribution in [-0.4, -0.2) is 38.5 Å². The van der Waals surface area contributed by atoms with Gasteiger partial charge in [-0.05, 0) is 84.0 Å². The Kier molecular flexibility index (Phi) is 11.2. The fourth-order valence-electron chi connectivity index (χ4n) is 5.49. The van der Waals surface area contributed by atoms with Crippen LogP contribution < -0.4 is 33.8 Å². The highest BCUT2D eigenvalue weighted by atomic mass is 127. The third-order valence-corrected chi connectivity index (χ3v) is 9.47. The fourth-order valence-corrected chi connectivity index (χ4v) is 7.29. The van der Waals surface area contributed by atoms with E-state index in [1.54, 1.807) is 64.7 Å². The third-order valence-electron chi connectivity index (χ3n) is 7.68. The van der Waals surface area contributed by atoms with Crippen molar-refractivity contribution in [3.05, 3.63) is 111 Å². The van der Waals surface area contributed by atoms with Crippen molar-refractivity contribution in [3.8, 4) is 29.1 Å². The van der Waals surface area contributed by atoms with Crippen LogP contribution in [0.4, 0.5) is 0 Å². The molecule has 0 N–H and O–H groups in total. The number of hydrogen-bond acceptors (Lipinski definition) is 10. The molecule has 0 saturated carbocycles. The van der Waals surface area contributed by atoms with Crippen LogP contribution >= 0.6 is 33.9 Å². The van der Waals surface area contributed by atoms with E-state index in [0.29, 0.717) is 66.7 Å². The Morgan fingerprint density at radius 1 is 1.06 bits per heavy atom. The molecule has 0 bridgehead atoms. The zero-order valence-electron chi connectivity index (χ0n) is 27.2. The number of nitrogens with zero attached hydrogens (tertiary/aromatic N) is 3. The molecule has 0 radical (unpaired) electrons. The molecule has 0 fully saturated rings. The van der Waals surface area contributed by atoms with Crippen molar-refractivity contribution in [2.75, 3.05) is 27.9 Å². The van der Waals surface area contributed by atoms with Crippen molar-refractivity contribution in [3.63, 3.8) is 0 Å². The molecule has 5 rings (SSSR count). The van der Waals surface area contributed by atoms with E-state index in [-0.39, 0.29) is 18.8 Å². The third kappa shape index (κ3) is 6.97.